The van der Waals surface area contributed by atoms with E-state index in [1.54, 1.807) is 21.6 Å². The first-order valence-electron chi connectivity index (χ1n) is 3.23. The van der Waals surface area contributed by atoms with Gasteiger partial charge in [-0.05, 0) is 12.7 Å². The summed E-state index contributed by atoms with van der Waals surface area (Å²) in [4.78, 5) is 10.8. The predicted molar refractivity (Wildman–Crippen MR) is 49.3 cm³/mol. The van der Waals surface area contributed by atoms with Crippen LogP contribution >= 0.6 is 21.6 Å². The molecule has 0 aromatic carbocycles. The smallest absolute Gasteiger partial charge is 0.230 e. The normalized spacial score (nSPS) is 9.40. The van der Waals surface area contributed by atoms with Crippen LogP contribution in [0.5, 0.6) is 0 Å². The van der Waals surface area contributed by atoms with E-state index in [9.17, 15) is 4.79 Å². The van der Waals surface area contributed by atoms with Gasteiger partial charge in [0.15, 0.2) is 0 Å². The Kier molecular flexibility index (Phi) is 7.40. The van der Waals surface area contributed by atoms with E-state index in [1.165, 1.54) is 0 Å². The summed E-state index contributed by atoms with van der Waals surface area (Å²) in [7, 11) is 3.19. The van der Waals surface area contributed by atoms with Crippen LogP contribution in [0.15, 0.2) is 0 Å². The Morgan fingerprint density at radius 3 is 2.80 bits per heavy atom. The molecule has 0 aliphatic rings. The highest BCUT2D eigenvalue weighted by Gasteiger charge is 1.97. The fourth-order valence-electron chi connectivity index (χ4n) is 0.428. The maximum atomic E-state index is 10.8. The molecule has 0 aliphatic carbocycles. The molecule has 0 aromatic heterocycles. The third-order valence-corrected chi connectivity index (χ3v) is 2.56. The Labute approximate surface area is 69.9 Å². The van der Waals surface area contributed by atoms with Gasteiger partial charge in [-0.25, -0.2) is 0 Å². The standard InChI is InChI=1S/C6H13NOS2/c1-3-4-7-6(8)5-10-9-2/h3-5H2,1-2H3,(H,7,8). The van der Waals surface area contributed by atoms with E-state index in [0.717, 1.165) is 13.0 Å². The van der Waals surface area contributed by atoms with Gasteiger partial charge >= 0.3 is 0 Å². The molecule has 2 nitrogen and oxygen atoms in total. The molecule has 1 N–H and O–H groups in total. The molecule has 0 saturated heterocycles. The molecule has 0 bridgehead atoms. The Bertz CT molecular complexity index is 87.7. The zero-order valence-electron chi connectivity index (χ0n) is 6.35. The first-order valence-corrected chi connectivity index (χ1v) is 5.96. The molecular weight excluding hydrogens is 166 g/mol. The maximum Gasteiger partial charge on any atom is 0.230 e. The third-order valence-electron chi connectivity index (χ3n) is 0.880. The number of nitrogens with one attached hydrogen (secondary N) is 1. The van der Waals surface area contributed by atoms with Crippen molar-refractivity contribution in [3.8, 4) is 0 Å². The van der Waals surface area contributed by atoms with Crippen molar-refractivity contribution < 1.29 is 4.79 Å². The van der Waals surface area contributed by atoms with Crippen molar-refractivity contribution in [3.05, 3.63) is 0 Å². The van der Waals surface area contributed by atoms with E-state index in [-0.39, 0.29) is 5.91 Å². The van der Waals surface area contributed by atoms with E-state index in [2.05, 4.69) is 5.32 Å². The first kappa shape index (κ1) is 10.2. The van der Waals surface area contributed by atoms with Crippen molar-refractivity contribution >= 4 is 27.5 Å². The van der Waals surface area contributed by atoms with Crippen LogP contribution in [0.4, 0.5) is 0 Å². The molecule has 0 fully saturated rings. The lowest BCUT2D eigenvalue weighted by atomic mass is 10.5. The van der Waals surface area contributed by atoms with E-state index >= 15 is 0 Å². The van der Waals surface area contributed by atoms with Gasteiger partial charge < -0.3 is 5.32 Å². The highest BCUT2D eigenvalue weighted by atomic mass is 33.1. The highest BCUT2D eigenvalue weighted by Crippen LogP contribution is 2.15. The average Bonchev–Trinajstić information content (AvgIpc) is 1.97. The van der Waals surface area contributed by atoms with Gasteiger partial charge in [-0.2, -0.15) is 0 Å². The summed E-state index contributed by atoms with van der Waals surface area (Å²) in [5.74, 6) is 0.711. The lowest BCUT2D eigenvalue weighted by Crippen LogP contribution is -2.25. The second kappa shape index (κ2) is 7.28. The molecule has 4 heteroatoms. The van der Waals surface area contributed by atoms with Gasteiger partial charge in [0, 0.05) is 6.54 Å². The zero-order valence-corrected chi connectivity index (χ0v) is 7.98. The highest BCUT2D eigenvalue weighted by molar-refractivity contribution is 8.76. The number of carbonyl (C=O) groups is 1. The molecule has 0 aromatic rings. The monoisotopic (exact) mass is 179 g/mol. The minimum absolute atomic E-state index is 0.140. The number of hydrogen-bond acceptors (Lipinski definition) is 3. The Balaban J connectivity index is 3.09. The summed E-state index contributed by atoms with van der Waals surface area (Å²) in [5.41, 5.74) is 0. The largest absolute Gasteiger partial charge is 0.355 e. The van der Waals surface area contributed by atoms with Gasteiger partial charge in [0.2, 0.25) is 5.91 Å². The molecule has 0 spiro atoms. The molecule has 0 unspecified atom stereocenters. The van der Waals surface area contributed by atoms with Crippen molar-refractivity contribution in [3.63, 3.8) is 0 Å². The van der Waals surface area contributed by atoms with Gasteiger partial charge in [0.25, 0.3) is 0 Å². The summed E-state index contributed by atoms with van der Waals surface area (Å²) >= 11 is 0. The minimum atomic E-state index is 0.140. The lowest BCUT2D eigenvalue weighted by molar-refractivity contribution is -0.118. The average molecular weight is 179 g/mol. The number of hydrogen-bond donors (Lipinski definition) is 1. The predicted octanol–water partition coefficient (Wildman–Crippen LogP) is 1.52. The lowest BCUT2D eigenvalue weighted by Gasteiger charge is -2.00. The SMILES string of the molecule is CCCNC(=O)CSSC. The van der Waals surface area contributed by atoms with Crippen molar-refractivity contribution in [2.24, 2.45) is 0 Å². The minimum Gasteiger partial charge on any atom is -0.355 e. The molecular formula is C6H13NOS2. The van der Waals surface area contributed by atoms with E-state index in [0.29, 0.717) is 5.75 Å². The topological polar surface area (TPSA) is 29.1 Å². The van der Waals surface area contributed by atoms with Crippen LogP contribution in [-0.4, -0.2) is 24.5 Å². The molecule has 0 saturated carbocycles. The summed E-state index contributed by atoms with van der Waals surface area (Å²) in [6, 6.07) is 0. The van der Waals surface area contributed by atoms with Crippen LogP contribution in [0.3, 0.4) is 0 Å². The van der Waals surface area contributed by atoms with Crippen molar-refractivity contribution in [2.75, 3.05) is 18.6 Å². The van der Waals surface area contributed by atoms with Crippen LogP contribution in [0, 0.1) is 0 Å². The Morgan fingerprint density at radius 2 is 2.30 bits per heavy atom. The van der Waals surface area contributed by atoms with Gasteiger partial charge in [-0.1, -0.05) is 28.5 Å². The number of amides is 1. The van der Waals surface area contributed by atoms with E-state index < -0.39 is 0 Å². The van der Waals surface area contributed by atoms with Crippen molar-refractivity contribution in [1.82, 2.24) is 5.32 Å². The molecule has 1 amide bonds. The second-order valence-electron chi connectivity index (χ2n) is 1.78. The zero-order chi connectivity index (χ0) is 7.82. The fraction of sp³-hybridized carbons (Fsp3) is 0.833. The van der Waals surface area contributed by atoms with Crippen LogP contribution in [0.25, 0.3) is 0 Å². The molecule has 0 rings (SSSR count). The van der Waals surface area contributed by atoms with Crippen LogP contribution in [-0.2, 0) is 4.79 Å². The van der Waals surface area contributed by atoms with Gasteiger partial charge in [-0.15, -0.1) is 0 Å². The molecule has 0 radical (unpaired) electrons. The quantitative estimate of drug-likeness (QED) is 0.649. The Hall–Kier alpha value is 0.170. The van der Waals surface area contributed by atoms with Gasteiger partial charge in [0.05, 0.1) is 5.75 Å². The molecule has 0 aliphatic heterocycles. The van der Waals surface area contributed by atoms with Gasteiger partial charge in [0.1, 0.15) is 0 Å². The third kappa shape index (κ3) is 6.29. The summed E-state index contributed by atoms with van der Waals surface area (Å²) in [5, 5.41) is 2.79. The fourth-order valence-corrected chi connectivity index (χ4v) is 1.43. The molecule has 0 atom stereocenters. The van der Waals surface area contributed by atoms with Gasteiger partial charge in [-0.3, -0.25) is 4.79 Å². The van der Waals surface area contributed by atoms with Crippen molar-refractivity contribution in [2.45, 2.75) is 13.3 Å². The van der Waals surface area contributed by atoms with E-state index in [4.69, 9.17) is 0 Å². The number of carbonyl (C=O) groups excluding carboxylic acids is 1. The second-order valence-corrected chi connectivity index (χ2v) is 4.34. The van der Waals surface area contributed by atoms with Crippen LogP contribution in [0.1, 0.15) is 13.3 Å². The number of rotatable bonds is 5. The molecule has 0 heterocycles. The Morgan fingerprint density at radius 1 is 1.60 bits per heavy atom. The van der Waals surface area contributed by atoms with Crippen LogP contribution in [0.2, 0.25) is 0 Å². The summed E-state index contributed by atoms with van der Waals surface area (Å²) in [6.45, 7) is 2.84. The summed E-state index contributed by atoms with van der Waals surface area (Å²) < 4.78 is 0. The molecule has 10 heavy (non-hydrogen) atoms. The summed E-state index contributed by atoms with van der Waals surface area (Å²) in [6.07, 6.45) is 2.98. The van der Waals surface area contributed by atoms with Crippen molar-refractivity contribution in [1.29, 1.82) is 0 Å². The van der Waals surface area contributed by atoms with Crippen LogP contribution < -0.4 is 5.32 Å². The van der Waals surface area contributed by atoms with E-state index in [1.807, 2.05) is 13.2 Å². The molecule has 60 valence electrons. The first-order chi connectivity index (χ1) is 4.81. The maximum absolute atomic E-state index is 10.8.